The zero-order valence-electron chi connectivity index (χ0n) is 24.6. The van der Waals surface area contributed by atoms with Crippen LogP contribution < -0.4 is 15.0 Å². The molecule has 1 fully saturated rings. The van der Waals surface area contributed by atoms with Crippen LogP contribution in [-0.2, 0) is 35.2 Å². The van der Waals surface area contributed by atoms with Crippen molar-refractivity contribution in [1.29, 1.82) is 0 Å². The molecule has 2 aromatic carbocycles. The van der Waals surface area contributed by atoms with Crippen molar-refractivity contribution in [3.05, 3.63) is 59.0 Å². The highest BCUT2D eigenvalue weighted by atomic mass is 32.2. The van der Waals surface area contributed by atoms with Crippen LogP contribution in [0.5, 0.6) is 5.75 Å². The number of thioether (sulfide) groups is 1. The van der Waals surface area contributed by atoms with E-state index in [1.165, 1.54) is 28.8 Å². The van der Waals surface area contributed by atoms with Gasteiger partial charge in [0.05, 0.1) is 5.69 Å². The molecule has 0 bridgehead atoms. The molecule has 4 heterocycles. The minimum Gasteiger partial charge on any atom is -0.484 e. The summed E-state index contributed by atoms with van der Waals surface area (Å²) in [6.45, 7) is 5.51. The van der Waals surface area contributed by atoms with Gasteiger partial charge < -0.3 is 29.4 Å². The third-order valence-corrected chi connectivity index (χ3v) is 8.90. The Morgan fingerprint density at radius 2 is 2.00 bits per heavy atom. The van der Waals surface area contributed by atoms with Crippen molar-refractivity contribution in [2.45, 2.75) is 44.3 Å². The number of esters is 1. The Labute approximate surface area is 256 Å². The van der Waals surface area contributed by atoms with Crippen LogP contribution in [0.25, 0.3) is 22.2 Å². The van der Waals surface area contributed by atoms with E-state index in [9.17, 15) is 23.6 Å². The Morgan fingerprint density at radius 3 is 2.75 bits per heavy atom. The number of fused-ring (bicyclic) bond motifs is 6. The predicted octanol–water partition coefficient (Wildman–Crippen LogP) is 3.47. The number of H-pyrrole nitrogens is 1. The van der Waals surface area contributed by atoms with Crippen molar-refractivity contribution >= 4 is 52.6 Å². The molecule has 13 heteroatoms. The van der Waals surface area contributed by atoms with E-state index in [-0.39, 0.29) is 31.2 Å². The third kappa shape index (κ3) is 5.36. The molecular weight excluding hydrogens is 591 g/mol. The van der Waals surface area contributed by atoms with Crippen molar-refractivity contribution < 1.29 is 37.8 Å². The van der Waals surface area contributed by atoms with Gasteiger partial charge in [0.25, 0.3) is 18.3 Å². The molecule has 3 aromatic rings. The lowest BCUT2D eigenvalue weighted by atomic mass is 9.98. The molecule has 0 aliphatic carbocycles. The van der Waals surface area contributed by atoms with Crippen LogP contribution in [0.3, 0.4) is 0 Å². The summed E-state index contributed by atoms with van der Waals surface area (Å²) in [6.07, 6.45) is 0. The molecule has 0 saturated carbocycles. The number of halogens is 1. The normalized spacial score (nSPS) is 19.1. The first-order chi connectivity index (χ1) is 20.9. The summed E-state index contributed by atoms with van der Waals surface area (Å²) in [5, 5.41) is 3.04. The van der Waals surface area contributed by atoms with Crippen molar-refractivity contribution in [2.75, 3.05) is 30.9 Å². The Morgan fingerprint density at radius 1 is 1.20 bits per heavy atom. The maximum atomic E-state index is 13.9. The number of carbonyl (C=O) groups excluding carboxylic acids is 4. The van der Waals surface area contributed by atoms with Crippen LogP contribution in [0.4, 0.5) is 10.1 Å². The summed E-state index contributed by atoms with van der Waals surface area (Å²) >= 11 is 1.35. The lowest BCUT2D eigenvalue weighted by Gasteiger charge is -2.49. The van der Waals surface area contributed by atoms with E-state index in [4.69, 9.17) is 14.2 Å². The SMILES string of the molecule is CN1Cc2c([nH]c3ccc(F)cc23)-c2ccc(OCC(=O)NC3C(=O)N4C(C(=O)OC(C)(C)C)=C(COC=O)CSC34)cc21. The van der Waals surface area contributed by atoms with E-state index in [2.05, 4.69) is 10.3 Å². The van der Waals surface area contributed by atoms with Crippen LogP contribution in [0.1, 0.15) is 26.3 Å². The molecule has 230 valence electrons. The summed E-state index contributed by atoms with van der Waals surface area (Å²) in [4.78, 5) is 56.5. The standard InChI is InChI=1S/C31H31FN4O7S/c1-31(2,3)43-30(40)27-16(12-41-15-37)14-44-29-26(28(39)36(27)29)34-24(38)13-42-18-6-7-19-23(10-18)35(4)11-21-20-9-17(32)5-8-22(20)33-25(19)21/h5-10,15,26,29,33H,11-14H2,1-4H3,(H,34,38). The number of anilines is 1. The predicted molar refractivity (Wildman–Crippen MR) is 161 cm³/mol. The fraction of sp³-hybridized carbons (Fsp3) is 0.355. The molecule has 0 spiro atoms. The molecule has 3 aliphatic rings. The number of nitrogens with one attached hydrogen (secondary N) is 2. The molecular formula is C31H31FN4O7S. The smallest absolute Gasteiger partial charge is 0.355 e. The van der Waals surface area contributed by atoms with Crippen LogP contribution in [0, 0.1) is 5.82 Å². The number of aromatic nitrogens is 1. The van der Waals surface area contributed by atoms with Gasteiger partial charge in [-0.3, -0.25) is 19.3 Å². The van der Waals surface area contributed by atoms with Gasteiger partial charge >= 0.3 is 5.97 Å². The number of ether oxygens (including phenoxy) is 3. The van der Waals surface area contributed by atoms with E-state index in [0.29, 0.717) is 23.6 Å². The topological polar surface area (TPSA) is 130 Å². The highest BCUT2D eigenvalue weighted by molar-refractivity contribution is 8.00. The van der Waals surface area contributed by atoms with E-state index in [1.807, 2.05) is 24.1 Å². The number of hydrogen-bond acceptors (Lipinski definition) is 9. The molecule has 2 amide bonds. The van der Waals surface area contributed by atoms with Crippen LogP contribution >= 0.6 is 11.8 Å². The molecule has 2 unspecified atom stereocenters. The van der Waals surface area contributed by atoms with Gasteiger partial charge in [-0.2, -0.15) is 0 Å². The third-order valence-electron chi connectivity index (χ3n) is 7.56. The largest absolute Gasteiger partial charge is 0.484 e. The van der Waals surface area contributed by atoms with Gasteiger partial charge in [-0.25, -0.2) is 9.18 Å². The molecule has 2 atom stereocenters. The second-order valence-electron chi connectivity index (χ2n) is 11.8. The maximum absolute atomic E-state index is 13.9. The van der Waals surface area contributed by atoms with Gasteiger partial charge in [-0.15, -0.1) is 11.8 Å². The molecule has 0 radical (unpaired) electrons. The number of nitrogens with zero attached hydrogens (tertiary/aromatic N) is 2. The van der Waals surface area contributed by atoms with Crippen molar-refractivity contribution in [3.63, 3.8) is 0 Å². The quantitative estimate of drug-likeness (QED) is 0.220. The maximum Gasteiger partial charge on any atom is 0.355 e. The molecule has 44 heavy (non-hydrogen) atoms. The van der Waals surface area contributed by atoms with Crippen molar-refractivity contribution in [3.8, 4) is 17.0 Å². The summed E-state index contributed by atoms with van der Waals surface area (Å²) < 4.78 is 30.1. The lowest BCUT2D eigenvalue weighted by Crippen LogP contribution is -2.71. The molecule has 1 saturated heterocycles. The number of benzene rings is 2. The number of hydrogen-bond donors (Lipinski definition) is 2. The Balaban J connectivity index is 1.12. The van der Waals surface area contributed by atoms with E-state index in [1.54, 1.807) is 32.9 Å². The van der Waals surface area contributed by atoms with Gasteiger partial charge in [0.15, 0.2) is 6.61 Å². The number of rotatable bonds is 8. The monoisotopic (exact) mass is 622 g/mol. The molecule has 2 N–H and O–H groups in total. The highest BCUT2D eigenvalue weighted by Gasteiger charge is 2.54. The molecule has 6 rings (SSSR count). The minimum atomic E-state index is -0.859. The Kier molecular flexibility index (Phi) is 7.52. The lowest BCUT2D eigenvalue weighted by molar-refractivity contribution is -0.159. The Bertz CT molecular complexity index is 1730. The molecule has 3 aliphatic heterocycles. The Hall–Kier alpha value is -4.52. The minimum absolute atomic E-state index is 0.0405. The second kappa shape index (κ2) is 11.2. The van der Waals surface area contributed by atoms with Gasteiger partial charge in [0, 0.05) is 58.7 Å². The number of aromatic amines is 1. The van der Waals surface area contributed by atoms with Gasteiger partial charge in [-0.05, 0) is 51.1 Å². The van der Waals surface area contributed by atoms with Crippen LogP contribution in [0.15, 0.2) is 47.7 Å². The molecule has 1 aromatic heterocycles. The van der Waals surface area contributed by atoms with Crippen molar-refractivity contribution in [1.82, 2.24) is 15.2 Å². The fourth-order valence-electron chi connectivity index (χ4n) is 5.67. The van der Waals surface area contributed by atoms with Gasteiger partial charge in [-0.1, -0.05) is 0 Å². The zero-order chi connectivity index (χ0) is 31.3. The number of amides is 2. The zero-order valence-corrected chi connectivity index (χ0v) is 25.4. The van der Waals surface area contributed by atoms with E-state index in [0.717, 1.165) is 33.4 Å². The summed E-state index contributed by atoms with van der Waals surface area (Å²) in [7, 11) is 1.93. The molecule has 11 nitrogen and oxygen atoms in total. The highest BCUT2D eigenvalue weighted by Crippen LogP contribution is 2.43. The first-order valence-corrected chi connectivity index (χ1v) is 15.0. The second-order valence-corrected chi connectivity index (χ2v) is 12.9. The summed E-state index contributed by atoms with van der Waals surface area (Å²) in [5.41, 5.74) is 4.30. The average molecular weight is 623 g/mol. The van der Waals surface area contributed by atoms with Crippen LogP contribution in [-0.4, -0.2) is 77.2 Å². The van der Waals surface area contributed by atoms with Crippen LogP contribution in [0.2, 0.25) is 0 Å². The van der Waals surface area contributed by atoms with E-state index >= 15 is 0 Å². The van der Waals surface area contributed by atoms with E-state index < -0.39 is 34.8 Å². The van der Waals surface area contributed by atoms with Gasteiger partial charge in [0.2, 0.25) is 0 Å². The number of carbonyl (C=O) groups is 4. The summed E-state index contributed by atoms with van der Waals surface area (Å²) in [5.74, 6) is -1.16. The summed E-state index contributed by atoms with van der Waals surface area (Å²) in [6, 6.07) is 9.32. The number of β-lactam (4-membered cyclic amide) rings is 1. The first-order valence-electron chi connectivity index (χ1n) is 14.0. The van der Waals surface area contributed by atoms with Gasteiger partial charge in [0.1, 0.15) is 40.9 Å². The fourth-order valence-corrected chi connectivity index (χ4v) is 7.00. The van der Waals surface area contributed by atoms with Crippen molar-refractivity contribution in [2.24, 2.45) is 0 Å². The average Bonchev–Trinajstić information content (AvgIpc) is 3.33. The first kappa shape index (κ1) is 29.5.